The molecule has 3 rings (SSSR count). The predicted octanol–water partition coefficient (Wildman–Crippen LogP) is 4.78. The van der Waals surface area contributed by atoms with Gasteiger partial charge in [0.15, 0.2) is 0 Å². The first-order chi connectivity index (χ1) is 10.3. The zero-order chi connectivity index (χ0) is 14.5. The van der Waals surface area contributed by atoms with Crippen molar-refractivity contribution in [2.45, 2.75) is 11.5 Å². The standard InChI is InChI=1S/C16H13FN2S2/c17-14-6-2-1-5-12(14)9-20-10-13-11-21-16(19-13)15-7-3-4-8-18-15/h1-8,11H,9-10H2. The van der Waals surface area contributed by atoms with E-state index in [4.69, 9.17) is 0 Å². The molecule has 5 heteroatoms. The van der Waals surface area contributed by atoms with Crippen molar-refractivity contribution in [2.75, 3.05) is 0 Å². The molecule has 0 aliphatic heterocycles. The molecule has 0 unspecified atom stereocenters. The third-order valence-electron chi connectivity index (χ3n) is 2.90. The van der Waals surface area contributed by atoms with Gasteiger partial charge in [-0.2, -0.15) is 11.8 Å². The molecule has 0 aliphatic rings. The normalized spacial score (nSPS) is 10.7. The molecule has 0 atom stereocenters. The van der Waals surface area contributed by atoms with Crippen LogP contribution >= 0.6 is 23.1 Å². The number of thioether (sulfide) groups is 1. The Morgan fingerprint density at radius 2 is 1.90 bits per heavy atom. The van der Waals surface area contributed by atoms with Crippen LogP contribution < -0.4 is 0 Å². The van der Waals surface area contributed by atoms with Gasteiger partial charge in [0.1, 0.15) is 10.8 Å². The zero-order valence-corrected chi connectivity index (χ0v) is 12.8. The Labute approximate surface area is 131 Å². The Morgan fingerprint density at radius 3 is 2.71 bits per heavy atom. The van der Waals surface area contributed by atoms with Crippen molar-refractivity contribution in [3.8, 4) is 10.7 Å². The van der Waals surface area contributed by atoms with Crippen LogP contribution in [0.25, 0.3) is 10.7 Å². The Hall–Kier alpha value is -1.72. The molecule has 0 saturated heterocycles. The average Bonchev–Trinajstić information content (AvgIpc) is 2.99. The van der Waals surface area contributed by atoms with Gasteiger partial charge in [0, 0.05) is 23.1 Å². The summed E-state index contributed by atoms with van der Waals surface area (Å²) in [5, 5.41) is 2.97. The molecular formula is C16H13FN2S2. The van der Waals surface area contributed by atoms with Crippen molar-refractivity contribution in [1.29, 1.82) is 0 Å². The molecule has 0 fully saturated rings. The lowest BCUT2D eigenvalue weighted by Gasteiger charge is -2.01. The van der Waals surface area contributed by atoms with Crippen LogP contribution in [0, 0.1) is 5.82 Å². The minimum absolute atomic E-state index is 0.141. The van der Waals surface area contributed by atoms with Gasteiger partial charge in [-0.25, -0.2) is 9.37 Å². The maximum absolute atomic E-state index is 13.5. The number of nitrogens with zero attached hydrogens (tertiary/aromatic N) is 2. The van der Waals surface area contributed by atoms with E-state index in [1.807, 2.05) is 35.7 Å². The van der Waals surface area contributed by atoms with E-state index in [1.54, 1.807) is 35.4 Å². The minimum Gasteiger partial charge on any atom is -0.254 e. The van der Waals surface area contributed by atoms with Gasteiger partial charge in [-0.15, -0.1) is 11.3 Å². The quantitative estimate of drug-likeness (QED) is 0.677. The largest absolute Gasteiger partial charge is 0.254 e. The predicted molar refractivity (Wildman–Crippen MR) is 86.7 cm³/mol. The van der Waals surface area contributed by atoms with E-state index in [-0.39, 0.29) is 5.82 Å². The molecule has 2 aromatic heterocycles. The summed E-state index contributed by atoms with van der Waals surface area (Å²) in [6, 6.07) is 12.7. The van der Waals surface area contributed by atoms with Gasteiger partial charge in [-0.1, -0.05) is 24.3 Å². The summed E-state index contributed by atoms with van der Waals surface area (Å²) in [7, 11) is 0. The van der Waals surface area contributed by atoms with E-state index in [9.17, 15) is 4.39 Å². The van der Waals surface area contributed by atoms with E-state index < -0.39 is 0 Å². The molecule has 0 aliphatic carbocycles. The number of thiazole rings is 1. The second kappa shape index (κ2) is 6.83. The number of hydrogen-bond acceptors (Lipinski definition) is 4. The SMILES string of the molecule is Fc1ccccc1CSCc1csc(-c2ccccn2)n1. The molecule has 2 heterocycles. The van der Waals surface area contributed by atoms with E-state index in [0.29, 0.717) is 5.75 Å². The number of hydrogen-bond donors (Lipinski definition) is 0. The summed E-state index contributed by atoms with van der Waals surface area (Å²) in [6.07, 6.45) is 1.77. The monoisotopic (exact) mass is 316 g/mol. The van der Waals surface area contributed by atoms with Crippen LogP contribution in [0.3, 0.4) is 0 Å². The molecule has 1 aromatic carbocycles. The first kappa shape index (κ1) is 14.2. The molecule has 0 spiro atoms. The van der Waals surface area contributed by atoms with E-state index >= 15 is 0 Å². The highest BCUT2D eigenvalue weighted by Crippen LogP contribution is 2.25. The highest BCUT2D eigenvalue weighted by atomic mass is 32.2. The van der Waals surface area contributed by atoms with Crippen molar-refractivity contribution in [1.82, 2.24) is 9.97 Å². The summed E-state index contributed by atoms with van der Waals surface area (Å²) in [6.45, 7) is 0. The molecule has 21 heavy (non-hydrogen) atoms. The van der Waals surface area contributed by atoms with Crippen molar-refractivity contribution >= 4 is 23.1 Å². The van der Waals surface area contributed by atoms with E-state index in [2.05, 4.69) is 9.97 Å². The van der Waals surface area contributed by atoms with Gasteiger partial charge in [0.25, 0.3) is 0 Å². The lowest BCUT2D eigenvalue weighted by Crippen LogP contribution is -1.88. The van der Waals surface area contributed by atoms with Crippen molar-refractivity contribution in [3.05, 3.63) is 71.1 Å². The number of aromatic nitrogens is 2. The Balaban J connectivity index is 1.60. The van der Waals surface area contributed by atoms with Crippen molar-refractivity contribution in [2.24, 2.45) is 0 Å². The fourth-order valence-corrected chi connectivity index (χ4v) is 3.67. The third kappa shape index (κ3) is 3.68. The van der Waals surface area contributed by atoms with Crippen LogP contribution in [0.15, 0.2) is 54.0 Å². The van der Waals surface area contributed by atoms with Crippen LogP contribution in [-0.4, -0.2) is 9.97 Å². The zero-order valence-electron chi connectivity index (χ0n) is 11.2. The molecule has 0 bridgehead atoms. The molecule has 106 valence electrons. The smallest absolute Gasteiger partial charge is 0.142 e. The first-order valence-corrected chi connectivity index (χ1v) is 8.53. The molecule has 0 saturated carbocycles. The second-order valence-corrected chi connectivity index (χ2v) is 6.29. The van der Waals surface area contributed by atoms with Crippen molar-refractivity contribution < 1.29 is 4.39 Å². The molecular weight excluding hydrogens is 303 g/mol. The lowest BCUT2D eigenvalue weighted by atomic mass is 10.2. The third-order valence-corrected chi connectivity index (χ3v) is 4.83. The van der Waals surface area contributed by atoms with Gasteiger partial charge in [0.05, 0.1) is 11.4 Å². The summed E-state index contributed by atoms with van der Waals surface area (Å²) >= 11 is 3.26. The van der Waals surface area contributed by atoms with Gasteiger partial charge < -0.3 is 0 Å². The second-order valence-electron chi connectivity index (χ2n) is 4.44. The Bertz CT molecular complexity index is 713. The van der Waals surface area contributed by atoms with Gasteiger partial charge in [0.2, 0.25) is 0 Å². The summed E-state index contributed by atoms with van der Waals surface area (Å²) in [5.41, 5.74) is 2.65. The fraction of sp³-hybridized carbons (Fsp3) is 0.125. The van der Waals surface area contributed by atoms with Crippen molar-refractivity contribution in [3.63, 3.8) is 0 Å². The highest BCUT2D eigenvalue weighted by molar-refractivity contribution is 7.97. The number of rotatable bonds is 5. The molecule has 0 radical (unpaired) electrons. The fourth-order valence-electron chi connectivity index (χ4n) is 1.86. The summed E-state index contributed by atoms with van der Waals surface area (Å²) in [4.78, 5) is 8.87. The van der Waals surface area contributed by atoms with E-state index in [1.165, 1.54) is 6.07 Å². The number of pyridine rings is 1. The minimum atomic E-state index is -0.141. The van der Waals surface area contributed by atoms with Crippen LogP contribution in [-0.2, 0) is 11.5 Å². The molecule has 0 N–H and O–H groups in total. The molecule has 3 aromatic rings. The van der Waals surface area contributed by atoms with Gasteiger partial charge in [-0.3, -0.25) is 4.98 Å². The first-order valence-electron chi connectivity index (χ1n) is 6.50. The van der Waals surface area contributed by atoms with Crippen LogP contribution in [0.1, 0.15) is 11.3 Å². The molecule has 0 amide bonds. The number of halogens is 1. The highest BCUT2D eigenvalue weighted by Gasteiger charge is 2.06. The van der Waals surface area contributed by atoms with Crippen LogP contribution in [0.4, 0.5) is 4.39 Å². The number of benzene rings is 1. The average molecular weight is 316 g/mol. The summed E-state index contributed by atoms with van der Waals surface area (Å²) in [5.74, 6) is 1.29. The topological polar surface area (TPSA) is 25.8 Å². The molecule has 2 nitrogen and oxygen atoms in total. The Kier molecular flexibility index (Phi) is 4.62. The Morgan fingerprint density at radius 1 is 1.05 bits per heavy atom. The maximum Gasteiger partial charge on any atom is 0.142 e. The van der Waals surface area contributed by atoms with E-state index in [0.717, 1.165) is 27.7 Å². The summed E-state index contributed by atoms with van der Waals surface area (Å²) < 4.78 is 13.5. The van der Waals surface area contributed by atoms with Gasteiger partial charge in [-0.05, 0) is 23.8 Å². The van der Waals surface area contributed by atoms with Crippen LogP contribution in [0.5, 0.6) is 0 Å². The maximum atomic E-state index is 13.5. The lowest BCUT2D eigenvalue weighted by molar-refractivity contribution is 0.617. The van der Waals surface area contributed by atoms with Gasteiger partial charge >= 0.3 is 0 Å². The van der Waals surface area contributed by atoms with Crippen LogP contribution in [0.2, 0.25) is 0 Å².